The summed E-state index contributed by atoms with van der Waals surface area (Å²) in [6.45, 7) is 10.5. The molecule has 9 rings (SSSR count). The fourth-order valence-corrected chi connectivity index (χ4v) is 10.9. The summed E-state index contributed by atoms with van der Waals surface area (Å²) in [5.74, 6) is 1.25. The Bertz CT molecular complexity index is 2960. The molecular formula is C54H60ClN7O7S. The maximum absolute atomic E-state index is 13.9. The Morgan fingerprint density at radius 3 is 2.43 bits per heavy atom. The van der Waals surface area contributed by atoms with Crippen LogP contribution < -0.4 is 19.7 Å². The van der Waals surface area contributed by atoms with E-state index in [0.29, 0.717) is 49.5 Å². The number of hydrogen-bond donors (Lipinski definition) is 3. The molecule has 3 aliphatic rings. The fraction of sp³-hybridized carbons (Fsp3) is 0.352. The van der Waals surface area contributed by atoms with Crippen LogP contribution in [0.2, 0.25) is 5.02 Å². The van der Waals surface area contributed by atoms with E-state index in [9.17, 15) is 23.3 Å². The lowest BCUT2D eigenvalue weighted by molar-refractivity contribution is -0.384. The van der Waals surface area contributed by atoms with E-state index in [0.717, 1.165) is 85.2 Å². The number of fused-ring (bicyclic) bond motifs is 1. The van der Waals surface area contributed by atoms with Crippen LogP contribution >= 0.6 is 11.6 Å². The number of benzene rings is 5. The van der Waals surface area contributed by atoms with Gasteiger partial charge in [-0.05, 0) is 115 Å². The number of anilines is 2. The number of nitrogens with one attached hydrogen (secondary N) is 3. The number of piperidine rings is 1. The quantitative estimate of drug-likeness (QED) is 0.0628. The summed E-state index contributed by atoms with van der Waals surface area (Å²) in [6, 6.07) is 35.2. The maximum atomic E-state index is 13.9. The number of rotatable bonds is 16. The number of nitrogens with zero attached hydrogens (tertiary/aromatic N) is 4. The van der Waals surface area contributed by atoms with Crippen molar-refractivity contribution < 1.29 is 27.6 Å². The van der Waals surface area contributed by atoms with Crippen LogP contribution in [0, 0.1) is 21.4 Å². The first-order valence-corrected chi connectivity index (χ1v) is 25.9. The van der Waals surface area contributed by atoms with Crippen molar-refractivity contribution in [3.63, 3.8) is 0 Å². The lowest BCUT2D eigenvalue weighted by Crippen LogP contribution is -2.47. The molecule has 2 aliphatic heterocycles. The molecule has 0 bridgehead atoms. The van der Waals surface area contributed by atoms with Crippen LogP contribution in [-0.2, 0) is 27.9 Å². The third-order valence-electron chi connectivity index (χ3n) is 13.9. The van der Waals surface area contributed by atoms with Crippen molar-refractivity contribution in [3.8, 4) is 11.5 Å². The van der Waals surface area contributed by atoms with E-state index in [1.54, 1.807) is 4.90 Å². The standard InChI is InChI=1S/C54H60ClN7O7S/c1-54(2)22-18-43(48(33-54)40-8-11-44(55)12-9-40)36-59-26-28-60(29-27-59)45-13-10-42(52(31-45)69-46-14-16-49-41(30-46)19-23-56-49)35-58-70(66,67)47-15-17-50(51(32-47)62(64)65)57-34-38-20-24-61(25-21-38)53(63)68-37-39-6-4-3-5-7-39/h3-17,19,23,30-32,38,56-58H,18,20-22,24-29,33-37H2,1-2H3. The van der Waals surface area contributed by atoms with Gasteiger partial charge in [0.1, 0.15) is 23.8 Å². The summed E-state index contributed by atoms with van der Waals surface area (Å²) in [4.78, 5) is 34.0. The monoisotopic (exact) mass is 985 g/mol. The number of carbonyl (C=O) groups is 1. The highest BCUT2D eigenvalue weighted by atomic mass is 35.5. The average molecular weight is 987 g/mol. The second-order valence-corrected chi connectivity index (χ2v) is 21.6. The van der Waals surface area contributed by atoms with E-state index >= 15 is 0 Å². The van der Waals surface area contributed by atoms with Crippen LogP contribution in [0.15, 0.2) is 132 Å². The lowest BCUT2D eigenvalue weighted by atomic mass is 9.72. The highest BCUT2D eigenvalue weighted by Gasteiger charge is 2.30. The molecule has 2 saturated heterocycles. The Morgan fingerprint density at radius 2 is 1.67 bits per heavy atom. The van der Waals surface area contributed by atoms with Crippen LogP contribution in [0.25, 0.3) is 16.5 Å². The first-order valence-electron chi connectivity index (χ1n) is 24.0. The smallest absolute Gasteiger partial charge is 0.410 e. The van der Waals surface area contributed by atoms with Crippen molar-refractivity contribution in [2.24, 2.45) is 11.3 Å². The molecule has 366 valence electrons. The molecular weight excluding hydrogens is 926 g/mol. The predicted octanol–water partition coefficient (Wildman–Crippen LogP) is 11.2. The SMILES string of the molecule is CC1(C)CCC(CN2CCN(c3ccc(CNS(=O)(=O)c4ccc(NCC5CCN(C(=O)OCc6ccccc6)CC5)c([N+](=O)[O-])c4)c(Oc4ccc5[nH]ccc5c4)c3)CC2)=C(c2ccc(Cl)cc2)C1. The molecule has 0 radical (unpaired) electrons. The normalized spacial score (nSPS) is 16.9. The number of aromatic nitrogens is 1. The molecule has 3 N–H and O–H groups in total. The predicted molar refractivity (Wildman–Crippen MR) is 276 cm³/mol. The molecule has 16 heteroatoms. The Morgan fingerprint density at radius 1 is 0.900 bits per heavy atom. The van der Waals surface area contributed by atoms with Gasteiger partial charge < -0.3 is 29.6 Å². The summed E-state index contributed by atoms with van der Waals surface area (Å²) < 4.78 is 42.5. The number of hydrogen-bond acceptors (Lipinski definition) is 10. The Hall–Kier alpha value is -6.39. The van der Waals surface area contributed by atoms with Crippen molar-refractivity contribution in [2.75, 3.05) is 62.6 Å². The van der Waals surface area contributed by atoms with Gasteiger partial charge in [0.2, 0.25) is 10.0 Å². The van der Waals surface area contributed by atoms with Gasteiger partial charge in [0.25, 0.3) is 5.69 Å². The Kier molecular flexibility index (Phi) is 14.8. The zero-order valence-corrected chi connectivity index (χ0v) is 41.2. The van der Waals surface area contributed by atoms with E-state index in [-0.39, 0.29) is 46.8 Å². The minimum Gasteiger partial charge on any atom is -0.457 e. The van der Waals surface area contributed by atoms with E-state index in [1.807, 2.05) is 91.1 Å². The van der Waals surface area contributed by atoms with E-state index in [2.05, 4.69) is 50.8 Å². The molecule has 70 heavy (non-hydrogen) atoms. The van der Waals surface area contributed by atoms with Crippen molar-refractivity contribution in [2.45, 2.75) is 64.0 Å². The summed E-state index contributed by atoms with van der Waals surface area (Å²) in [7, 11) is -4.21. The summed E-state index contributed by atoms with van der Waals surface area (Å²) in [5.41, 5.74) is 7.76. The molecule has 0 spiro atoms. The molecule has 1 aliphatic carbocycles. The van der Waals surface area contributed by atoms with Gasteiger partial charge in [-0.3, -0.25) is 15.0 Å². The topological polar surface area (TPSA) is 162 Å². The number of carbonyl (C=O) groups excluding carboxylic acids is 1. The zero-order valence-electron chi connectivity index (χ0n) is 39.7. The second-order valence-electron chi connectivity index (χ2n) is 19.4. The lowest BCUT2D eigenvalue weighted by Gasteiger charge is -2.39. The van der Waals surface area contributed by atoms with E-state index in [1.165, 1.54) is 28.8 Å². The van der Waals surface area contributed by atoms with Crippen LogP contribution in [-0.4, -0.2) is 86.6 Å². The van der Waals surface area contributed by atoms with Gasteiger partial charge in [-0.15, -0.1) is 0 Å². The number of H-pyrrole nitrogens is 1. The minimum absolute atomic E-state index is 0.119. The van der Waals surface area contributed by atoms with Gasteiger partial charge in [-0.25, -0.2) is 17.9 Å². The van der Waals surface area contributed by atoms with Gasteiger partial charge in [0.15, 0.2) is 0 Å². The van der Waals surface area contributed by atoms with Crippen LogP contribution in [0.4, 0.5) is 21.9 Å². The van der Waals surface area contributed by atoms with Gasteiger partial charge in [0.05, 0.1) is 9.82 Å². The highest BCUT2D eigenvalue weighted by Crippen LogP contribution is 2.43. The van der Waals surface area contributed by atoms with Crippen molar-refractivity contribution in [1.82, 2.24) is 19.5 Å². The van der Waals surface area contributed by atoms with Gasteiger partial charge in [-0.1, -0.05) is 79.6 Å². The molecule has 3 heterocycles. The minimum atomic E-state index is -4.21. The van der Waals surface area contributed by atoms with E-state index in [4.69, 9.17) is 21.1 Å². The zero-order chi connectivity index (χ0) is 48.8. The van der Waals surface area contributed by atoms with Gasteiger partial charge in [0, 0.05) is 104 Å². The molecule has 6 aromatic rings. The van der Waals surface area contributed by atoms with Crippen LogP contribution in [0.5, 0.6) is 11.5 Å². The number of nitro benzene ring substituents is 1. The van der Waals surface area contributed by atoms with E-state index < -0.39 is 14.9 Å². The molecule has 1 aromatic heterocycles. The number of nitro groups is 1. The number of halogens is 1. The first-order chi connectivity index (χ1) is 33.7. The Labute approximate surface area is 414 Å². The molecule has 0 saturated carbocycles. The van der Waals surface area contributed by atoms with Gasteiger partial charge >= 0.3 is 6.09 Å². The second kappa shape index (κ2) is 21.3. The largest absolute Gasteiger partial charge is 0.457 e. The van der Waals surface area contributed by atoms with Gasteiger partial charge in [-0.2, -0.15) is 0 Å². The third-order valence-corrected chi connectivity index (χ3v) is 15.6. The molecule has 14 nitrogen and oxygen atoms in total. The fourth-order valence-electron chi connectivity index (χ4n) is 9.72. The third kappa shape index (κ3) is 12.0. The molecule has 0 unspecified atom stereocenters. The summed E-state index contributed by atoms with van der Waals surface area (Å²) in [6.07, 6.45) is 6.14. The number of amides is 1. The van der Waals surface area contributed by atoms with Crippen LogP contribution in [0.1, 0.15) is 62.6 Å². The van der Waals surface area contributed by atoms with Crippen molar-refractivity contribution >= 4 is 61.3 Å². The number of sulfonamides is 1. The average Bonchev–Trinajstić information content (AvgIpc) is 3.84. The molecule has 2 fully saturated rings. The number of piperazine rings is 1. The molecule has 1 amide bonds. The molecule has 5 aromatic carbocycles. The molecule has 0 atom stereocenters. The number of ether oxygens (including phenoxy) is 2. The van der Waals surface area contributed by atoms with Crippen molar-refractivity contribution in [1.29, 1.82) is 0 Å². The first kappa shape index (κ1) is 48.6. The summed E-state index contributed by atoms with van der Waals surface area (Å²) >= 11 is 6.27. The number of allylic oxidation sites excluding steroid dienone is 1. The Balaban J connectivity index is 0.847. The summed E-state index contributed by atoms with van der Waals surface area (Å²) in [5, 5.41) is 17.2. The van der Waals surface area contributed by atoms with Crippen LogP contribution in [0.3, 0.4) is 0 Å². The maximum Gasteiger partial charge on any atom is 0.410 e. The number of likely N-dealkylation sites (tertiary alicyclic amines) is 1. The van der Waals surface area contributed by atoms with Crippen molar-refractivity contribution in [3.05, 3.63) is 159 Å². The number of aromatic amines is 1. The highest BCUT2D eigenvalue weighted by molar-refractivity contribution is 7.89.